The van der Waals surface area contributed by atoms with Gasteiger partial charge in [0.1, 0.15) is 0 Å². The van der Waals surface area contributed by atoms with E-state index in [9.17, 15) is 9.59 Å². The van der Waals surface area contributed by atoms with Gasteiger partial charge >= 0.3 is 5.97 Å². The third-order valence-electron chi connectivity index (χ3n) is 6.92. The number of hydrogen-bond donors (Lipinski definition) is 0. The summed E-state index contributed by atoms with van der Waals surface area (Å²) >= 11 is 4.79. The zero-order chi connectivity index (χ0) is 30.1. The number of hydrogen-bond acceptors (Lipinski definition) is 9. The molecule has 3 aromatic carbocycles. The van der Waals surface area contributed by atoms with Crippen molar-refractivity contribution in [3.63, 3.8) is 0 Å². The largest absolute Gasteiger partial charge is 0.492 e. The molecule has 1 atom stereocenters. The van der Waals surface area contributed by atoms with E-state index in [2.05, 4.69) is 15.9 Å². The highest BCUT2D eigenvalue weighted by Crippen LogP contribution is 2.40. The summed E-state index contributed by atoms with van der Waals surface area (Å²) in [5, 5.41) is 0. The zero-order valence-corrected chi connectivity index (χ0v) is 26.0. The fraction of sp³-hybridized carbons (Fsp3) is 0.219. The number of carbonyl (C=O) groups excluding carboxylic acids is 1. The fourth-order valence-electron chi connectivity index (χ4n) is 5.12. The highest BCUT2D eigenvalue weighted by Gasteiger charge is 2.36. The number of thiazole rings is 1. The van der Waals surface area contributed by atoms with Crippen molar-refractivity contribution >= 4 is 45.0 Å². The van der Waals surface area contributed by atoms with E-state index in [-0.39, 0.29) is 24.5 Å². The maximum absolute atomic E-state index is 14.2. The molecule has 2 aliphatic rings. The number of benzene rings is 3. The van der Waals surface area contributed by atoms with Gasteiger partial charge in [0.2, 0.25) is 6.79 Å². The molecule has 6 rings (SSSR count). The molecular weight excluding hydrogens is 636 g/mol. The highest BCUT2D eigenvalue weighted by atomic mass is 79.9. The molecule has 0 unspecified atom stereocenters. The lowest BCUT2D eigenvalue weighted by Gasteiger charge is -2.26. The smallest absolute Gasteiger partial charge is 0.338 e. The predicted octanol–water partition coefficient (Wildman–Crippen LogP) is 4.83. The molecule has 220 valence electrons. The number of nitrogens with zero attached hydrogens (tertiary/aromatic N) is 2. The van der Waals surface area contributed by atoms with Crippen LogP contribution in [0.15, 0.2) is 80.5 Å². The molecule has 0 N–H and O–H groups in total. The van der Waals surface area contributed by atoms with Gasteiger partial charge in [-0.3, -0.25) is 9.36 Å². The Labute approximate surface area is 259 Å². The minimum Gasteiger partial charge on any atom is -0.492 e. The Morgan fingerprint density at radius 2 is 1.88 bits per heavy atom. The van der Waals surface area contributed by atoms with E-state index in [0.717, 1.165) is 11.1 Å². The summed E-state index contributed by atoms with van der Waals surface area (Å²) in [4.78, 5) is 33.2. The van der Waals surface area contributed by atoms with Crippen LogP contribution in [-0.2, 0) is 9.53 Å². The van der Waals surface area contributed by atoms with E-state index in [4.69, 9.17) is 28.7 Å². The molecule has 43 heavy (non-hydrogen) atoms. The van der Waals surface area contributed by atoms with Crippen molar-refractivity contribution in [3.8, 4) is 23.0 Å². The fourth-order valence-corrected chi connectivity index (χ4v) is 6.75. The molecule has 0 spiro atoms. The van der Waals surface area contributed by atoms with Crippen LogP contribution in [0.5, 0.6) is 23.0 Å². The minimum absolute atomic E-state index is 0.0958. The third-order valence-corrected chi connectivity index (χ3v) is 8.49. The first-order chi connectivity index (χ1) is 20.9. The van der Waals surface area contributed by atoms with Gasteiger partial charge in [-0.05, 0) is 71.2 Å². The van der Waals surface area contributed by atoms with Crippen molar-refractivity contribution in [1.82, 2.24) is 4.57 Å². The second-order valence-electron chi connectivity index (χ2n) is 9.51. The van der Waals surface area contributed by atoms with Crippen molar-refractivity contribution in [3.05, 3.63) is 107 Å². The number of esters is 1. The molecule has 0 aliphatic carbocycles. The van der Waals surface area contributed by atoms with Crippen LogP contribution >= 0.6 is 27.3 Å². The Morgan fingerprint density at radius 3 is 2.63 bits per heavy atom. The molecule has 9 nitrogen and oxygen atoms in total. The van der Waals surface area contributed by atoms with Gasteiger partial charge in [-0.25, -0.2) is 9.79 Å². The van der Waals surface area contributed by atoms with Crippen LogP contribution in [0.4, 0.5) is 0 Å². The number of carbonyl (C=O) groups is 1. The number of methoxy groups -OCH3 is 1. The topological polar surface area (TPSA) is 97.6 Å². The number of aromatic nitrogens is 1. The number of fused-ring (bicyclic) bond motifs is 2. The van der Waals surface area contributed by atoms with Gasteiger partial charge in [0.25, 0.3) is 5.56 Å². The molecule has 0 saturated heterocycles. The lowest BCUT2D eigenvalue weighted by molar-refractivity contribution is -0.138. The van der Waals surface area contributed by atoms with Crippen LogP contribution in [0.3, 0.4) is 0 Å². The average Bonchev–Trinajstić information content (AvgIpc) is 3.60. The van der Waals surface area contributed by atoms with Crippen molar-refractivity contribution < 1.29 is 28.5 Å². The van der Waals surface area contributed by atoms with Crippen LogP contribution in [0.1, 0.15) is 36.6 Å². The Balaban J connectivity index is 1.62. The lowest BCUT2D eigenvalue weighted by Crippen LogP contribution is -2.40. The molecule has 0 saturated carbocycles. The molecule has 4 aromatic rings. The van der Waals surface area contributed by atoms with E-state index >= 15 is 0 Å². The summed E-state index contributed by atoms with van der Waals surface area (Å²) in [5.41, 5.74) is 2.53. The summed E-state index contributed by atoms with van der Waals surface area (Å²) in [6.45, 7) is 4.34. The van der Waals surface area contributed by atoms with E-state index in [0.29, 0.717) is 54.7 Å². The van der Waals surface area contributed by atoms with E-state index in [1.807, 2.05) is 55.5 Å². The summed E-state index contributed by atoms with van der Waals surface area (Å²) in [7, 11) is 1.57. The van der Waals surface area contributed by atoms with E-state index < -0.39 is 12.0 Å². The SMILES string of the molecule is CCOC(=O)C1=C(c2ccccc2)N=c2s/c(=C\c3cc(Br)c(OC)c(OCC)c3)c(=O)n2[C@@H]1c1ccc2c(c1)OCO2. The Morgan fingerprint density at radius 1 is 1.09 bits per heavy atom. The van der Waals surface area contributed by atoms with Gasteiger partial charge in [-0.1, -0.05) is 47.7 Å². The first-order valence-electron chi connectivity index (χ1n) is 13.6. The number of halogens is 1. The van der Waals surface area contributed by atoms with Gasteiger partial charge in [-0.15, -0.1) is 0 Å². The Kier molecular flexibility index (Phi) is 8.09. The van der Waals surface area contributed by atoms with Gasteiger partial charge in [0.15, 0.2) is 27.8 Å². The van der Waals surface area contributed by atoms with Crippen LogP contribution in [0, 0.1) is 0 Å². The molecule has 11 heteroatoms. The normalized spacial score (nSPS) is 15.6. The van der Waals surface area contributed by atoms with Crippen LogP contribution in [-0.4, -0.2) is 37.7 Å². The summed E-state index contributed by atoms with van der Waals surface area (Å²) in [5.74, 6) is 1.69. The maximum Gasteiger partial charge on any atom is 0.338 e. The molecule has 0 bridgehead atoms. The van der Waals surface area contributed by atoms with Crippen molar-refractivity contribution in [1.29, 1.82) is 0 Å². The molecular formula is C32H27BrN2O7S. The minimum atomic E-state index is -0.830. The van der Waals surface area contributed by atoms with E-state index in [1.54, 1.807) is 36.8 Å². The molecule has 2 aliphatic heterocycles. The summed E-state index contributed by atoms with van der Waals surface area (Å²) < 4.78 is 30.7. The van der Waals surface area contributed by atoms with Gasteiger partial charge in [0, 0.05) is 5.56 Å². The predicted molar refractivity (Wildman–Crippen MR) is 165 cm³/mol. The molecule has 0 fully saturated rings. The third kappa shape index (κ3) is 5.34. The maximum atomic E-state index is 14.2. The monoisotopic (exact) mass is 662 g/mol. The first kappa shape index (κ1) is 28.8. The summed E-state index contributed by atoms with van der Waals surface area (Å²) in [6, 6.07) is 17.7. The van der Waals surface area contributed by atoms with Gasteiger partial charge < -0.3 is 23.7 Å². The second-order valence-corrected chi connectivity index (χ2v) is 11.4. The van der Waals surface area contributed by atoms with Crippen LogP contribution in [0.2, 0.25) is 0 Å². The average molecular weight is 664 g/mol. The Bertz CT molecular complexity index is 1930. The van der Waals surface area contributed by atoms with Crippen molar-refractivity contribution in [2.24, 2.45) is 4.99 Å². The second kappa shape index (κ2) is 12.1. The zero-order valence-electron chi connectivity index (χ0n) is 23.6. The van der Waals surface area contributed by atoms with Gasteiger partial charge in [0.05, 0.1) is 46.6 Å². The van der Waals surface area contributed by atoms with E-state index in [1.165, 1.54) is 11.3 Å². The molecule has 0 radical (unpaired) electrons. The quantitative estimate of drug-likeness (QED) is 0.249. The highest BCUT2D eigenvalue weighted by molar-refractivity contribution is 9.10. The van der Waals surface area contributed by atoms with Crippen molar-refractivity contribution in [2.45, 2.75) is 19.9 Å². The van der Waals surface area contributed by atoms with Crippen LogP contribution in [0.25, 0.3) is 11.8 Å². The molecule has 1 aromatic heterocycles. The number of rotatable bonds is 8. The molecule has 0 amide bonds. The lowest BCUT2D eigenvalue weighted by atomic mass is 9.93. The molecule has 3 heterocycles. The van der Waals surface area contributed by atoms with Crippen LogP contribution < -0.4 is 33.8 Å². The first-order valence-corrected chi connectivity index (χ1v) is 15.2. The standard InChI is InChI=1S/C32H27BrN2O7S/c1-4-39-24-14-18(13-21(33)29(24)38-3)15-25-30(36)35-28(20-11-12-22-23(16-20)42-17-41-22)26(31(37)40-5-2)27(34-32(35)43-25)19-9-7-6-8-10-19/h6-16,28H,4-5,17H2,1-3H3/b25-15-/t28-/m1/s1. The summed E-state index contributed by atoms with van der Waals surface area (Å²) in [6.07, 6.45) is 1.78. The van der Waals surface area contributed by atoms with Crippen molar-refractivity contribution in [2.75, 3.05) is 27.1 Å². The number of ether oxygens (including phenoxy) is 5. The van der Waals surface area contributed by atoms with Gasteiger partial charge in [-0.2, -0.15) is 0 Å². The Hall–Kier alpha value is -4.35.